The van der Waals surface area contributed by atoms with Crippen LogP contribution in [0.5, 0.6) is 0 Å². The zero-order chi connectivity index (χ0) is 14.3. The molecule has 2 heterocycles. The Morgan fingerprint density at radius 2 is 2.05 bits per heavy atom. The van der Waals surface area contributed by atoms with Gasteiger partial charge in [0.1, 0.15) is 5.82 Å². The first kappa shape index (κ1) is 12.7. The number of halogens is 2. The fourth-order valence-electron chi connectivity index (χ4n) is 2.06. The molecule has 0 atom stereocenters. The molecule has 1 aromatic carbocycles. The lowest BCUT2D eigenvalue weighted by Gasteiger charge is -2.07. The first-order valence-corrected chi connectivity index (χ1v) is 6.22. The number of aromatic nitrogens is 3. The van der Waals surface area contributed by atoms with Gasteiger partial charge in [-0.15, -0.1) is 0 Å². The highest BCUT2D eigenvalue weighted by atomic mass is 35.5. The quantitative estimate of drug-likeness (QED) is 0.692. The van der Waals surface area contributed by atoms with E-state index in [4.69, 9.17) is 11.6 Å². The fraction of sp³-hybridized carbons (Fsp3) is 0.0714. The van der Waals surface area contributed by atoms with E-state index in [9.17, 15) is 9.18 Å². The van der Waals surface area contributed by atoms with E-state index in [1.54, 1.807) is 19.2 Å². The molecule has 0 N–H and O–H groups in total. The van der Waals surface area contributed by atoms with Crippen LogP contribution in [0.25, 0.3) is 22.0 Å². The van der Waals surface area contributed by atoms with Crippen molar-refractivity contribution in [1.29, 1.82) is 0 Å². The van der Waals surface area contributed by atoms with Gasteiger partial charge in [-0.05, 0) is 24.3 Å². The van der Waals surface area contributed by atoms with Crippen molar-refractivity contribution in [2.75, 3.05) is 0 Å². The summed E-state index contributed by atoms with van der Waals surface area (Å²) >= 11 is 5.74. The first-order chi connectivity index (χ1) is 9.58. The van der Waals surface area contributed by atoms with Crippen molar-refractivity contribution in [2.45, 2.75) is 0 Å². The second kappa shape index (κ2) is 4.68. The highest BCUT2D eigenvalue weighted by molar-refractivity contribution is 6.30. The molecular formula is C14H9ClFN3O. The van der Waals surface area contributed by atoms with Crippen LogP contribution in [0.3, 0.4) is 0 Å². The van der Waals surface area contributed by atoms with Crippen molar-refractivity contribution < 1.29 is 4.39 Å². The van der Waals surface area contributed by atoms with E-state index in [-0.39, 0.29) is 11.1 Å². The average molecular weight is 290 g/mol. The molecule has 100 valence electrons. The summed E-state index contributed by atoms with van der Waals surface area (Å²) in [5, 5.41) is 5.22. The van der Waals surface area contributed by atoms with Crippen LogP contribution >= 0.6 is 11.6 Å². The fourth-order valence-corrected chi connectivity index (χ4v) is 2.22. The summed E-state index contributed by atoms with van der Waals surface area (Å²) in [6.45, 7) is 0. The van der Waals surface area contributed by atoms with E-state index in [1.807, 2.05) is 0 Å². The summed E-state index contributed by atoms with van der Waals surface area (Å²) < 4.78 is 15.2. The van der Waals surface area contributed by atoms with Crippen LogP contribution in [0, 0.1) is 5.82 Å². The van der Waals surface area contributed by atoms with E-state index in [2.05, 4.69) is 10.1 Å². The minimum atomic E-state index is -0.488. The Morgan fingerprint density at radius 1 is 1.25 bits per heavy atom. The SMILES string of the molecule is Cn1ncc2c(-c3ccc(Cl)cc3F)nccc2c1=O. The third kappa shape index (κ3) is 1.96. The molecule has 0 fully saturated rings. The number of rotatable bonds is 1. The highest BCUT2D eigenvalue weighted by Gasteiger charge is 2.13. The van der Waals surface area contributed by atoms with Crippen molar-refractivity contribution in [3.8, 4) is 11.3 Å². The van der Waals surface area contributed by atoms with Crippen molar-refractivity contribution in [3.63, 3.8) is 0 Å². The van der Waals surface area contributed by atoms with Crippen molar-refractivity contribution in [1.82, 2.24) is 14.8 Å². The van der Waals surface area contributed by atoms with Gasteiger partial charge in [0.15, 0.2) is 0 Å². The van der Waals surface area contributed by atoms with Gasteiger partial charge in [-0.2, -0.15) is 5.10 Å². The average Bonchev–Trinajstić information content (AvgIpc) is 2.43. The Balaban J connectivity index is 2.37. The molecule has 6 heteroatoms. The zero-order valence-electron chi connectivity index (χ0n) is 10.5. The maximum atomic E-state index is 14.0. The highest BCUT2D eigenvalue weighted by Crippen LogP contribution is 2.28. The van der Waals surface area contributed by atoms with Gasteiger partial charge in [0.2, 0.25) is 0 Å². The standard InChI is InChI=1S/C14H9ClFN3O/c1-19-14(20)9-4-5-17-13(11(9)7-18-19)10-3-2-8(15)6-12(10)16/h2-7H,1H3. The van der Waals surface area contributed by atoms with Crippen molar-refractivity contribution in [2.24, 2.45) is 7.05 Å². The monoisotopic (exact) mass is 289 g/mol. The Bertz CT molecular complexity index is 876. The molecule has 0 unspecified atom stereocenters. The van der Waals surface area contributed by atoms with Gasteiger partial charge in [0.25, 0.3) is 5.56 Å². The largest absolute Gasteiger partial charge is 0.274 e. The Morgan fingerprint density at radius 3 is 2.80 bits per heavy atom. The molecule has 3 rings (SSSR count). The molecule has 0 saturated heterocycles. The lowest BCUT2D eigenvalue weighted by Crippen LogP contribution is -2.19. The van der Waals surface area contributed by atoms with Crippen LogP contribution in [0.4, 0.5) is 4.39 Å². The number of nitrogens with zero attached hydrogens (tertiary/aromatic N) is 3. The minimum Gasteiger partial charge on any atom is -0.267 e. The van der Waals surface area contributed by atoms with E-state index in [1.165, 1.54) is 29.2 Å². The second-order valence-corrected chi connectivity index (χ2v) is 4.75. The van der Waals surface area contributed by atoms with Gasteiger partial charge >= 0.3 is 0 Å². The van der Waals surface area contributed by atoms with E-state index in [0.29, 0.717) is 21.5 Å². The lowest BCUT2D eigenvalue weighted by atomic mass is 10.1. The van der Waals surface area contributed by atoms with Gasteiger partial charge in [0, 0.05) is 29.2 Å². The number of fused-ring (bicyclic) bond motifs is 1. The molecule has 0 radical (unpaired) electrons. The third-order valence-electron chi connectivity index (χ3n) is 3.06. The number of aryl methyl sites for hydroxylation is 1. The second-order valence-electron chi connectivity index (χ2n) is 4.32. The molecular weight excluding hydrogens is 281 g/mol. The molecule has 0 aliphatic carbocycles. The summed E-state index contributed by atoms with van der Waals surface area (Å²) in [5.41, 5.74) is 0.414. The number of hydrogen-bond donors (Lipinski definition) is 0. The summed E-state index contributed by atoms with van der Waals surface area (Å²) in [7, 11) is 1.56. The predicted octanol–water partition coefficient (Wildman–Crippen LogP) is 2.79. The topological polar surface area (TPSA) is 47.8 Å². The number of hydrogen-bond acceptors (Lipinski definition) is 3. The maximum absolute atomic E-state index is 14.0. The van der Waals surface area contributed by atoms with E-state index < -0.39 is 5.82 Å². The summed E-state index contributed by atoms with van der Waals surface area (Å²) in [4.78, 5) is 16.2. The molecule has 20 heavy (non-hydrogen) atoms. The molecule has 3 aromatic rings. The van der Waals surface area contributed by atoms with Gasteiger partial charge in [-0.3, -0.25) is 9.78 Å². The lowest BCUT2D eigenvalue weighted by molar-refractivity contribution is 0.631. The van der Waals surface area contributed by atoms with Crippen molar-refractivity contribution in [3.05, 3.63) is 57.9 Å². The molecule has 4 nitrogen and oxygen atoms in total. The predicted molar refractivity (Wildman–Crippen MR) is 75.2 cm³/mol. The van der Waals surface area contributed by atoms with E-state index >= 15 is 0 Å². The van der Waals surface area contributed by atoms with Crippen molar-refractivity contribution >= 4 is 22.4 Å². The van der Waals surface area contributed by atoms with E-state index in [0.717, 1.165) is 0 Å². The zero-order valence-corrected chi connectivity index (χ0v) is 11.2. The molecule has 0 spiro atoms. The normalized spacial score (nSPS) is 10.9. The van der Waals surface area contributed by atoms with Crippen LogP contribution in [-0.4, -0.2) is 14.8 Å². The number of benzene rings is 1. The molecule has 0 aliphatic rings. The van der Waals surface area contributed by atoms with Crippen LogP contribution < -0.4 is 5.56 Å². The van der Waals surface area contributed by atoms with Crippen LogP contribution in [0.15, 0.2) is 41.5 Å². The maximum Gasteiger partial charge on any atom is 0.274 e. The Kier molecular flexibility index (Phi) is 2.99. The molecule has 0 aliphatic heterocycles. The molecule has 2 aromatic heterocycles. The van der Waals surface area contributed by atoms with Gasteiger partial charge < -0.3 is 0 Å². The van der Waals surface area contributed by atoms with Crippen LogP contribution in [-0.2, 0) is 7.05 Å². The van der Waals surface area contributed by atoms with Crippen LogP contribution in [0.2, 0.25) is 5.02 Å². The summed E-state index contributed by atoms with van der Waals surface area (Å²) in [5.74, 6) is -0.488. The van der Waals surface area contributed by atoms with Crippen LogP contribution in [0.1, 0.15) is 0 Å². The minimum absolute atomic E-state index is 0.250. The smallest absolute Gasteiger partial charge is 0.267 e. The third-order valence-corrected chi connectivity index (χ3v) is 3.30. The first-order valence-electron chi connectivity index (χ1n) is 5.84. The van der Waals surface area contributed by atoms with Gasteiger partial charge in [-0.1, -0.05) is 11.6 Å². The molecule has 0 bridgehead atoms. The molecule has 0 amide bonds. The Labute approximate surface area is 118 Å². The number of pyridine rings is 1. The van der Waals surface area contributed by atoms with Gasteiger partial charge in [0.05, 0.1) is 17.3 Å². The summed E-state index contributed by atoms with van der Waals surface area (Å²) in [6.07, 6.45) is 2.99. The van der Waals surface area contributed by atoms with Gasteiger partial charge in [-0.25, -0.2) is 9.07 Å². The molecule has 0 saturated carbocycles. The summed E-state index contributed by atoms with van der Waals surface area (Å²) in [6, 6.07) is 5.93. The Hall–Kier alpha value is -2.27.